The van der Waals surface area contributed by atoms with Crippen LogP contribution < -0.4 is 4.74 Å². The highest BCUT2D eigenvalue weighted by atomic mass is 19.1. The molecule has 30 heavy (non-hydrogen) atoms. The van der Waals surface area contributed by atoms with E-state index in [-0.39, 0.29) is 24.2 Å². The molecule has 0 bridgehead atoms. The molecule has 0 aliphatic carbocycles. The number of hydrogen-bond donors (Lipinski definition) is 0. The van der Waals surface area contributed by atoms with E-state index in [2.05, 4.69) is 15.3 Å². The van der Waals surface area contributed by atoms with E-state index in [1.807, 2.05) is 11.0 Å². The molecule has 0 atom stereocenters. The molecule has 1 fully saturated rings. The van der Waals surface area contributed by atoms with Gasteiger partial charge in [-0.2, -0.15) is 0 Å². The third-order valence-corrected chi connectivity index (χ3v) is 5.46. The van der Waals surface area contributed by atoms with Gasteiger partial charge in [-0.3, -0.25) is 4.79 Å². The summed E-state index contributed by atoms with van der Waals surface area (Å²) in [5.74, 6) is 0.255. The van der Waals surface area contributed by atoms with Gasteiger partial charge in [-0.05, 0) is 35.9 Å². The molecule has 3 aromatic rings. The third-order valence-electron chi connectivity index (χ3n) is 5.46. The average molecular weight is 409 g/mol. The molecular formula is C21H20FN5O3. The molecule has 1 saturated heterocycles. The molecule has 4 heterocycles. The zero-order chi connectivity index (χ0) is 20.7. The monoisotopic (exact) mass is 409 g/mol. The number of ether oxygens (including phenoxy) is 2. The molecule has 5 rings (SSSR count). The van der Waals surface area contributed by atoms with E-state index in [1.165, 1.54) is 12.1 Å². The van der Waals surface area contributed by atoms with Crippen molar-refractivity contribution in [2.24, 2.45) is 13.0 Å². The second-order valence-corrected chi connectivity index (χ2v) is 7.49. The smallest absolute Gasteiger partial charge is 0.231 e. The molecular weight excluding hydrogens is 389 g/mol. The van der Waals surface area contributed by atoms with Crippen molar-refractivity contribution in [1.82, 2.24) is 24.9 Å². The molecule has 154 valence electrons. The molecule has 9 heteroatoms. The molecule has 1 aromatic carbocycles. The van der Waals surface area contributed by atoms with Gasteiger partial charge in [0, 0.05) is 25.2 Å². The van der Waals surface area contributed by atoms with Crippen LogP contribution in [0.15, 0.2) is 36.4 Å². The maximum atomic E-state index is 13.2. The van der Waals surface area contributed by atoms with Crippen LogP contribution in [0.5, 0.6) is 5.88 Å². The van der Waals surface area contributed by atoms with Gasteiger partial charge in [-0.15, -0.1) is 5.10 Å². The number of rotatable bonds is 5. The molecule has 0 unspecified atom stereocenters. The predicted octanol–water partition coefficient (Wildman–Crippen LogP) is 2.08. The first-order valence-electron chi connectivity index (χ1n) is 9.71. The van der Waals surface area contributed by atoms with Gasteiger partial charge in [-0.1, -0.05) is 5.21 Å². The summed E-state index contributed by atoms with van der Waals surface area (Å²) in [6.45, 7) is 2.27. The number of pyridine rings is 1. The fraction of sp³-hybridized carbons (Fsp3) is 0.333. The van der Waals surface area contributed by atoms with Gasteiger partial charge in [0.15, 0.2) is 0 Å². The van der Waals surface area contributed by atoms with Crippen LogP contribution in [0.2, 0.25) is 0 Å². The molecule has 0 radical (unpaired) electrons. The van der Waals surface area contributed by atoms with Gasteiger partial charge in [0.25, 0.3) is 0 Å². The first-order valence-corrected chi connectivity index (χ1v) is 9.71. The number of halogens is 1. The van der Waals surface area contributed by atoms with Gasteiger partial charge in [0.1, 0.15) is 23.8 Å². The first-order chi connectivity index (χ1) is 14.6. The van der Waals surface area contributed by atoms with Crippen LogP contribution >= 0.6 is 0 Å². The van der Waals surface area contributed by atoms with Gasteiger partial charge in [0.2, 0.25) is 11.8 Å². The molecule has 0 spiro atoms. The molecule has 0 N–H and O–H groups in total. The third kappa shape index (κ3) is 3.41. The number of hydrogen-bond acceptors (Lipinski definition) is 6. The van der Waals surface area contributed by atoms with E-state index in [1.54, 1.807) is 29.9 Å². The minimum absolute atomic E-state index is 0.0303. The van der Waals surface area contributed by atoms with Gasteiger partial charge in [0.05, 0.1) is 31.4 Å². The lowest BCUT2D eigenvalue weighted by molar-refractivity contribution is -0.150. The zero-order valence-electron chi connectivity index (χ0n) is 16.4. The second kappa shape index (κ2) is 7.49. The number of aromatic nitrogens is 4. The van der Waals surface area contributed by atoms with Crippen molar-refractivity contribution in [1.29, 1.82) is 0 Å². The number of aryl methyl sites for hydroxylation is 1. The molecule has 2 aliphatic rings. The summed E-state index contributed by atoms with van der Waals surface area (Å²) in [7, 11) is 1.78. The van der Waals surface area contributed by atoms with Crippen molar-refractivity contribution in [3.63, 3.8) is 0 Å². The number of fused-ring (bicyclic) bond motifs is 1. The molecule has 2 aromatic heterocycles. The van der Waals surface area contributed by atoms with Crippen molar-refractivity contribution >= 4 is 5.91 Å². The van der Waals surface area contributed by atoms with Crippen molar-refractivity contribution in [2.45, 2.75) is 19.7 Å². The Labute approximate surface area is 172 Å². The summed E-state index contributed by atoms with van der Waals surface area (Å²) in [4.78, 5) is 18.8. The second-order valence-electron chi connectivity index (χ2n) is 7.49. The number of carbonyl (C=O) groups is 1. The minimum atomic E-state index is -0.305. The van der Waals surface area contributed by atoms with Crippen LogP contribution in [0.3, 0.4) is 0 Å². The maximum absolute atomic E-state index is 13.2. The van der Waals surface area contributed by atoms with E-state index in [0.29, 0.717) is 37.9 Å². The summed E-state index contributed by atoms with van der Waals surface area (Å²) in [6, 6.07) is 9.86. The fourth-order valence-electron chi connectivity index (χ4n) is 3.62. The minimum Gasteiger partial charge on any atom is -0.471 e. The Morgan fingerprint density at radius 3 is 2.73 bits per heavy atom. The van der Waals surface area contributed by atoms with Crippen molar-refractivity contribution < 1.29 is 18.7 Å². The molecule has 2 aliphatic heterocycles. The van der Waals surface area contributed by atoms with E-state index in [9.17, 15) is 9.18 Å². The van der Waals surface area contributed by atoms with Crippen LogP contribution in [0.4, 0.5) is 4.39 Å². The highest BCUT2D eigenvalue weighted by Gasteiger charge is 2.34. The number of benzene rings is 1. The maximum Gasteiger partial charge on any atom is 0.231 e. The Kier molecular flexibility index (Phi) is 4.66. The topological polar surface area (TPSA) is 82.4 Å². The SMILES string of the molecule is Cn1nnc(-c2ccc(F)cc2)c1COc1ccc2c(n1)CN(C(=O)C1COC1)C2. The van der Waals surface area contributed by atoms with Crippen molar-refractivity contribution in [3.8, 4) is 17.1 Å². The highest BCUT2D eigenvalue weighted by Crippen LogP contribution is 2.27. The Morgan fingerprint density at radius 1 is 1.20 bits per heavy atom. The Bertz CT molecular complexity index is 1090. The fourth-order valence-corrected chi connectivity index (χ4v) is 3.62. The number of carbonyl (C=O) groups excluding carboxylic acids is 1. The van der Waals surface area contributed by atoms with Gasteiger partial charge in [-0.25, -0.2) is 14.1 Å². The number of nitrogens with zero attached hydrogens (tertiary/aromatic N) is 5. The van der Waals surface area contributed by atoms with Crippen LogP contribution in [-0.4, -0.2) is 44.0 Å². The standard InChI is InChI=1S/C21H20FN5O3/c1-26-18(20(24-25-26)13-2-5-16(22)6-3-13)12-30-19-7-4-14-8-27(9-17(14)23-19)21(28)15-10-29-11-15/h2-7,15H,8-12H2,1H3. The first kappa shape index (κ1) is 18.7. The average Bonchev–Trinajstić information content (AvgIpc) is 3.29. The normalized spacial score (nSPS) is 15.7. The van der Waals surface area contributed by atoms with Crippen LogP contribution in [0, 0.1) is 11.7 Å². The number of amides is 1. The zero-order valence-corrected chi connectivity index (χ0v) is 16.4. The lowest BCUT2D eigenvalue weighted by Gasteiger charge is -2.28. The molecule has 8 nitrogen and oxygen atoms in total. The summed E-state index contributed by atoms with van der Waals surface area (Å²) in [5.41, 5.74) is 4.04. The quantitative estimate of drug-likeness (QED) is 0.642. The van der Waals surface area contributed by atoms with Crippen LogP contribution in [0.1, 0.15) is 17.0 Å². The lowest BCUT2D eigenvalue weighted by Crippen LogP contribution is -2.42. The summed E-state index contributed by atoms with van der Waals surface area (Å²) < 4.78 is 25.9. The summed E-state index contributed by atoms with van der Waals surface area (Å²) in [5, 5.41) is 8.24. The Morgan fingerprint density at radius 2 is 2.00 bits per heavy atom. The largest absolute Gasteiger partial charge is 0.471 e. The van der Waals surface area contributed by atoms with E-state index < -0.39 is 0 Å². The van der Waals surface area contributed by atoms with Crippen LogP contribution in [0.25, 0.3) is 11.3 Å². The van der Waals surface area contributed by atoms with Crippen molar-refractivity contribution in [2.75, 3.05) is 13.2 Å². The predicted molar refractivity (Wildman–Crippen MR) is 104 cm³/mol. The molecule has 0 saturated carbocycles. The summed E-state index contributed by atoms with van der Waals surface area (Å²) >= 11 is 0. The van der Waals surface area contributed by atoms with E-state index in [0.717, 1.165) is 22.5 Å². The van der Waals surface area contributed by atoms with Gasteiger partial charge >= 0.3 is 0 Å². The van der Waals surface area contributed by atoms with Gasteiger partial charge < -0.3 is 14.4 Å². The van der Waals surface area contributed by atoms with E-state index >= 15 is 0 Å². The van der Waals surface area contributed by atoms with E-state index in [4.69, 9.17) is 9.47 Å². The highest BCUT2D eigenvalue weighted by molar-refractivity contribution is 5.80. The van der Waals surface area contributed by atoms with Crippen molar-refractivity contribution in [3.05, 3.63) is 59.2 Å². The molecule has 1 amide bonds. The Hall–Kier alpha value is -3.33. The Balaban J connectivity index is 1.29. The lowest BCUT2D eigenvalue weighted by atomic mass is 10.1. The summed E-state index contributed by atoms with van der Waals surface area (Å²) in [6.07, 6.45) is 0. The van der Waals surface area contributed by atoms with Crippen LogP contribution in [-0.2, 0) is 36.3 Å².